The molecule has 0 bridgehead atoms. The van der Waals surface area contributed by atoms with Crippen molar-refractivity contribution in [2.24, 2.45) is 5.10 Å². The van der Waals surface area contributed by atoms with Gasteiger partial charge in [-0.25, -0.2) is 9.78 Å². The number of benzene rings is 3. The predicted octanol–water partition coefficient (Wildman–Crippen LogP) is 6.13. The van der Waals surface area contributed by atoms with E-state index in [0.29, 0.717) is 40.7 Å². The Bertz CT molecular complexity index is 1720. The molecule has 36 heavy (non-hydrogen) atoms. The Balaban J connectivity index is 1.62. The van der Waals surface area contributed by atoms with E-state index in [0.717, 1.165) is 9.86 Å². The average molecular weight is 770 g/mol. The van der Waals surface area contributed by atoms with E-state index in [1.807, 2.05) is 30.3 Å². The van der Waals surface area contributed by atoms with E-state index in [-0.39, 0.29) is 11.4 Å². The number of carboxylic acid groups (broad SMARTS) is 1. The molecule has 0 aliphatic rings. The molecule has 5 aromatic rings. The number of aliphatic carboxylic acids is 1. The number of halogens is 3. The smallest absolute Gasteiger partial charge is 0.341 e. The van der Waals surface area contributed by atoms with E-state index in [1.165, 1.54) is 4.68 Å². The number of carbonyl (C=O) groups is 1. The van der Waals surface area contributed by atoms with Crippen molar-refractivity contribution >= 4 is 95.2 Å². The van der Waals surface area contributed by atoms with E-state index in [1.54, 1.807) is 36.5 Å². The fourth-order valence-corrected chi connectivity index (χ4v) is 6.07. The summed E-state index contributed by atoms with van der Waals surface area (Å²) in [7, 11) is 0. The quantitative estimate of drug-likeness (QED) is 0.165. The number of fused-ring (bicyclic) bond motifs is 2. The van der Waals surface area contributed by atoms with E-state index in [9.17, 15) is 9.59 Å². The van der Waals surface area contributed by atoms with E-state index >= 15 is 0 Å². The SMILES string of the molecule is O=C(O)COc1c(I)cc(C=Nn2c(-c3cc4cc(Br)ccc4o3)nc3ccccc3c2=O)cc1I. The third kappa shape index (κ3) is 5.04. The van der Waals surface area contributed by atoms with Crippen molar-refractivity contribution in [3.05, 3.63) is 88.2 Å². The maximum absolute atomic E-state index is 13.4. The van der Waals surface area contributed by atoms with Gasteiger partial charge in [-0.3, -0.25) is 4.79 Å². The minimum absolute atomic E-state index is 0.271. The second-order valence-corrected chi connectivity index (χ2v) is 10.8. The lowest BCUT2D eigenvalue weighted by Crippen LogP contribution is -2.20. The molecule has 0 aliphatic carbocycles. The standard InChI is InChI=1S/C25H14BrI2N3O5/c26-15-5-6-20-14(9-15)10-21(36-20)24-30-19-4-2-1-3-16(19)25(34)31(24)29-11-13-7-17(27)23(18(28)8-13)35-12-22(32)33/h1-11H,12H2,(H,32,33). The topological polar surface area (TPSA) is 107 Å². The highest BCUT2D eigenvalue weighted by atomic mass is 127. The van der Waals surface area contributed by atoms with E-state index in [2.05, 4.69) is 66.2 Å². The van der Waals surface area contributed by atoms with Crippen molar-refractivity contribution in [2.45, 2.75) is 0 Å². The molecule has 0 spiro atoms. The Morgan fingerprint density at radius 3 is 2.64 bits per heavy atom. The number of hydrogen-bond donors (Lipinski definition) is 1. The lowest BCUT2D eigenvalue weighted by atomic mass is 10.2. The first-order chi connectivity index (χ1) is 17.3. The van der Waals surface area contributed by atoms with Gasteiger partial charge in [-0.2, -0.15) is 9.78 Å². The molecular formula is C25H14BrI2N3O5. The van der Waals surface area contributed by atoms with Gasteiger partial charge in [0, 0.05) is 9.86 Å². The van der Waals surface area contributed by atoms with Crippen molar-refractivity contribution in [3.63, 3.8) is 0 Å². The third-order valence-electron chi connectivity index (χ3n) is 5.14. The fraction of sp³-hybridized carbons (Fsp3) is 0.0400. The molecule has 0 aliphatic heterocycles. The molecule has 8 nitrogen and oxygen atoms in total. The molecule has 0 radical (unpaired) electrons. The zero-order valence-corrected chi connectivity index (χ0v) is 24.0. The van der Waals surface area contributed by atoms with Crippen molar-refractivity contribution in [2.75, 3.05) is 6.61 Å². The average Bonchev–Trinajstić information content (AvgIpc) is 3.25. The number of hydrogen-bond acceptors (Lipinski definition) is 6. The largest absolute Gasteiger partial charge is 0.480 e. The minimum Gasteiger partial charge on any atom is -0.480 e. The molecule has 180 valence electrons. The van der Waals surface area contributed by atoms with Gasteiger partial charge >= 0.3 is 5.97 Å². The van der Waals surface area contributed by atoms with Crippen LogP contribution in [0.1, 0.15) is 5.56 Å². The molecule has 0 saturated carbocycles. The summed E-state index contributed by atoms with van der Waals surface area (Å²) >= 11 is 7.61. The molecule has 2 aromatic heterocycles. The Hall–Kier alpha value is -2.78. The Morgan fingerprint density at radius 1 is 1.14 bits per heavy atom. The number of furan rings is 1. The molecule has 0 fully saturated rings. The predicted molar refractivity (Wildman–Crippen MR) is 157 cm³/mol. The summed E-state index contributed by atoms with van der Waals surface area (Å²) in [4.78, 5) is 29.0. The number of ether oxygens (including phenoxy) is 1. The third-order valence-corrected chi connectivity index (χ3v) is 7.23. The highest BCUT2D eigenvalue weighted by molar-refractivity contribution is 14.1. The molecule has 2 heterocycles. The van der Waals surface area contributed by atoms with Gasteiger partial charge in [0.25, 0.3) is 5.56 Å². The molecule has 0 saturated heterocycles. The van der Waals surface area contributed by atoms with Crippen LogP contribution in [-0.2, 0) is 4.79 Å². The lowest BCUT2D eigenvalue weighted by Gasteiger charge is -2.10. The van der Waals surface area contributed by atoms with Gasteiger partial charge in [-0.15, -0.1) is 0 Å². The van der Waals surface area contributed by atoms with Crippen LogP contribution in [0.3, 0.4) is 0 Å². The van der Waals surface area contributed by atoms with Gasteiger partial charge in [0.05, 0.1) is 24.3 Å². The summed E-state index contributed by atoms with van der Waals surface area (Å²) in [5.74, 6) is 0.105. The van der Waals surface area contributed by atoms with Crippen molar-refractivity contribution < 1.29 is 19.1 Å². The summed E-state index contributed by atoms with van der Waals surface area (Å²) in [6.45, 7) is -0.435. The number of carboxylic acids is 1. The highest BCUT2D eigenvalue weighted by Gasteiger charge is 2.17. The first-order valence-electron chi connectivity index (χ1n) is 10.4. The fourth-order valence-electron chi connectivity index (χ4n) is 3.56. The highest BCUT2D eigenvalue weighted by Crippen LogP contribution is 2.30. The van der Waals surface area contributed by atoms with Crippen LogP contribution < -0.4 is 10.3 Å². The summed E-state index contributed by atoms with van der Waals surface area (Å²) in [5.41, 5.74) is 1.56. The molecule has 3 aromatic carbocycles. The summed E-state index contributed by atoms with van der Waals surface area (Å²) in [6, 6.07) is 18.1. The zero-order valence-electron chi connectivity index (χ0n) is 18.1. The van der Waals surface area contributed by atoms with Gasteiger partial charge in [0.2, 0.25) is 5.82 Å². The Labute approximate surface area is 239 Å². The van der Waals surface area contributed by atoms with Crippen LogP contribution in [0.4, 0.5) is 0 Å². The molecule has 1 N–H and O–H groups in total. The summed E-state index contributed by atoms with van der Waals surface area (Å²) < 4.78 is 15.0. The second-order valence-electron chi connectivity index (χ2n) is 7.60. The zero-order chi connectivity index (χ0) is 25.4. The lowest BCUT2D eigenvalue weighted by molar-refractivity contribution is -0.139. The van der Waals surface area contributed by atoms with Crippen LogP contribution >= 0.6 is 61.1 Å². The van der Waals surface area contributed by atoms with Crippen LogP contribution in [0.25, 0.3) is 33.5 Å². The van der Waals surface area contributed by atoms with E-state index in [4.69, 9.17) is 19.2 Å². The summed E-state index contributed by atoms with van der Waals surface area (Å²) in [5, 5.41) is 14.7. The maximum Gasteiger partial charge on any atom is 0.341 e. The first-order valence-corrected chi connectivity index (χ1v) is 13.3. The van der Waals surface area contributed by atoms with Crippen LogP contribution in [0.15, 0.2) is 79.4 Å². The van der Waals surface area contributed by atoms with Gasteiger partial charge in [-0.05, 0) is 99.3 Å². The Kier molecular flexibility index (Phi) is 7.12. The first kappa shape index (κ1) is 24.9. The molecule has 11 heteroatoms. The van der Waals surface area contributed by atoms with Gasteiger partial charge in [0.1, 0.15) is 11.3 Å². The minimum atomic E-state index is -1.05. The number of para-hydroxylation sites is 1. The van der Waals surface area contributed by atoms with E-state index < -0.39 is 12.6 Å². The monoisotopic (exact) mass is 769 g/mol. The van der Waals surface area contributed by atoms with Crippen LogP contribution in [0.5, 0.6) is 5.75 Å². The van der Waals surface area contributed by atoms with Crippen molar-refractivity contribution in [1.82, 2.24) is 9.66 Å². The van der Waals surface area contributed by atoms with Crippen LogP contribution in [0.2, 0.25) is 0 Å². The van der Waals surface area contributed by atoms with Crippen molar-refractivity contribution in [3.8, 4) is 17.3 Å². The van der Waals surface area contributed by atoms with Gasteiger partial charge in [-0.1, -0.05) is 28.1 Å². The Morgan fingerprint density at radius 2 is 1.89 bits per heavy atom. The second kappa shape index (κ2) is 10.3. The normalized spacial score (nSPS) is 11.5. The maximum atomic E-state index is 13.4. The molecule has 5 rings (SSSR count). The number of aromatic nitrogens is 2. The van der Waals surface area contributed by atoms with Crippen LogP contribution in [-0.4, -0.2) is 33.6 Å². The molecule has 0 amide bonds. The molecule has 0 unspecified atom stereocenters. The molecule has 0 atom stereocenters. The number of rotatable bonds is 6. The van der Waals surface area contributed by atoms with Crippen molar-refractivity contribution in [1.29, 1.82) is 0 Å². The van der Waals surface area contributed by atoms with Crippen LogP contribution in [0, 0.1) is 7.14 Å². The van der Waals surface area contributed by atoms with Gasteiger partial charge in [0.15, 0.2) is 12.4 Å². The number of nitrogens with zero attached hydrogens (tertiary/aromatic N) is 3. The molecular weight excluding hydrogens is 756 g/mol. The van der Waals surface area contributed by atoms with Gasteiger partial charge < -0.3 is 14.3 Å². The summed E-state index contributed by atoms with van der Waals surface area (Å²) in [6.07, 6.45) is 1.55.